The first-order valence-corrected chi connectivity index (χ1v) is 43.7. The van der Waals surface area contributed by atoms with Crippen LogP contribution in [0.5, 0.6) is 23.0 Å². The summed E-state index contributed by atoms with van der Waals surface area (Å²) in [6.45, 7) is 17.8. The number of carbonyl (C=O) groups excluding carboxylic acids is 7. The number of carboxylic acid groups (broad SMARTS) is 1. The number of sulfonamides is 2. The summed E-state index contributed by atoms with van der Waals surface area (Å²) in [5.41, 5.74) is 4.30. The van der Waals surface area contributed by atoms with Gasteiger partial charge in [0, 0.05) is 83.3 Å². The number of hydrogen-bond acceptors (Lipinski definition) is 22. The van der Waals surface area contributed by atoms with E-state index in [4.69, 9.17) is 43.1 Å². The highest BCUT2D eigenvalue weighted by Gasteiger charge is 2.63. The topological polar surface area (TPSA) is 403 Å². The van der Waals surface area contributed by atoms with E-state index in [2.05, 4.69) is 49.2 Å². The number of methoxy groups -OCH3 is 2. The monoisotopic (exact) mass is 1750 g/mol. The molecule has 126 heavy (non-hydrogen) atoms. The van der Waals surface area contributed by atoms with Crippen molar-refractivity contribution in [1.82, 2.24) is 50.9 Å². The van der Waals surface area contributed by atoms with Gasteiger partial charge in [-0.2, -0.15) is 0 Å². The van der Waals surface area contributed by atoms with Crippen molar-refractivity contribution in [2.45, 2.75) is 136 Å². The highest BCUT2D eigenvalue weighted by molar-refractivity contribution is 7.90. The number of pyridine rings is 2. The van der Waals surface area contributed by atoms with E-state index in [0.717, 1.165) is 44.5 Å². The van der Waals surface area contributed by atoms with Crippen molar-refractivity contribution in [3.05, 3.63) is 255 Å². The largest absolute Gasteiger partial charge is 0.497 e. The lowest BCUT2D eigenvalue weighted by atomic mass is 9.98. The molecule has 2 aliphatic heterocycles. The molecule has 0 bridgehead atoms. The van der Waals surface area contributed by atoms with Gasteiger partial charge in [-0.05, 0) is 125 Å². The summed E-state index contributed by atoms with van der Waals surface area (Å²) in [5, 5.41) is 24.2. The van der Waals surface area contributed by atoms with Crippen molar-refractivity contribution >= 4 is 89.7 Å². The third-order valence-corrected chi connectivity index (χ3v) is 24.4. The SMILES string of the molecule is C=C[C@@H]1C[C@]1(NC(=O)[C@@H]1CC(Oc2cc(-c3ccccc3)nc3cc(OC)ccc23)CN1)C(=O)NS(=O)(=O)c1ccccc1.C=C[C@@H]1C[C@]1(NC(=O)[C@@H]1CC(Oc2cc(-c3ccccc3)nc3cc(OC)ccc23)CN1C(=O)OC(C)(C)C)C(=O)NS(=O)(=O)c1ccccc1.CC(C)(C)OC(=O)N[C@@H](CNC(=O)OCC1c2ccccc2-c2ccccc21)C(=O)O. The number of ether oxygens (including phenoxy) is 7. The summed E-state index contributed by atoms with van der Waals surface area (Å²) >= 11 is 0. The zero-order valence-electron chi connectivity index (χ0n) is 70.5. The molecule has 2 aromatic heterocycles. The average Bonchev–Trinajstić information content (AvgIpc) is 1.58. The zero-order chi connectivity index (χ0) is 90.0. The highest BCUT2D eigenvalue weighted by atomic mass is 32.2. The van der Waals surface area contributed by atoms with Gasteiger partial charge in [0.25, 0.3) is 31.9 Å². The second-order valence-electron chi connectivity index (χ2n) is 32.8. The number of fused-ring (bicyclic) bond motifs is 5. The van der Waals surface area contributed by atoms with E-state index < -0.39 is 126 Å². The molecule has 8 N–H and O–H groups in total. The van der Waals surface area contributed by atoms with Gasteiger partial charge in [0.1, 0.15) is 76.2 Å². The van der Waals surface area contributed by atoms with Crippen LogP contribution in [0, 0.1) is 11.8 Å². The molecular weight excluding hydrogens is 1650 g/mol. The number of carbonyl (C=O) groups is 8. The fourth-order valence-corrected chi connectivity index (χ4v) is 17.3. The molecule has 4 heterocycles. The van der Waals surface area contributed by atoms with Crippen molar-refractivity contribution in [3.8, 4) is 56.6 Å². The average molecular weight is 1750 g/mol. The number of carboxylic acids is 1. The second kappa shape index (κ2) is 37.8. The Bertz CT molecular complexity index is 5980. The van der Waals surface area contributed by atoms with Gasteiger partial charge in [0.05, 0.1) is 65.6 Å². The van der Waals surface area contributed by atoms with E-state index in [1.165, 1.54) is 47.4 Å². The summed E-state index contributed by atoms with van der Waals surface area (Å²) in [5.74, 6) is -2.69. The van der Waals surface area contributed by atoms with Crippen LogP contribution in [0.25, 0.3) is 55.4 Å². The molecule has 2 saturated carbocycles. The molecule has 9 atom stereocenters. The predicted molar refractivity (Wildman–Crippen MR) is 470 cm³/mol. The maximum absolute atomic E-state index is 14.1. The molecular formula is C94H98N10O20S2. The Balaban J connectivity index is 0.000000167. The first-order valence-electron chi connectivity index (χ1n) is 40.7. The van der Waals surface area contributed by atoms with Crippen molar-refractivity contribution in [2.75, 3.05) is 40.5 Å². The van der Waals surface area contributed by atoms with Crippen LogP contribution in [0.1, 0.15) is 84.3 Å². The van der Waals surface area contributed by atoms with Crippen molar-refractivity contribution in [3.63, 3.8) is 0 Å². The smallest absolute Gasteiger partial charge is 0.411 e. The van der Waals surface area contributed by atoms with E-state index in [9.17, 15) is 60.3 Å². The lowest BCUT2D eigenvalue weighted by Gasteiger charge is -2.29. The minimum absolute atomic E-state index is 0.000110. The number of aliphatic carboxylic acids is 1. The quantitative estimate of drug-likeness (QED) is 0.0184. The number of aromatic nitrogens is 2. The first-order chi connectivity index (χ1) is 60.1. The maximum Gasteiger partial charge on any atom is 0.411 e. The molecule has 2 saturated heterocycles. The molecule has 5 aliphatic rings. The number of nitrogens with zero attached hydrogens (tertiary/aromatic N) is 3. The van der Waals surface area contributed by atoms with Crippen LogP contribution in [-0.2, 0) is 58.2 Å². The van der Waals surface area contributed by atoms with E-state index in [0.29, 0.717) is 58.1 Å². The minimum atomic E-state index is -4.23. The van der Waals surface area contributed by atoms with Crippen molar-refractivity contribution in [1.29, 1.82) is 0 Å². The van der Waals surface area contributed by atoms with Gasteiger partial charge in [-0.1, -0.05) is 158 Å². The number of hydrogen-bond donors (Lipinski definition) is 8. The number of amides is 7. The lowest BCUT2D eigenvalue weighted by molar-refractivity contribution is -0.139. The molecule has 30 nitrogen and oxygen atoms in total. The Morgan fingerprint density at radius 1 is 0.556 bits per heavy atom. The third-order valence-electron chi connectivity index (χ3n) is 21.7. The molecule has 2 unspecified atom stereocenters. The summed E-state index contributed by atoms with van der Waals surface area (Å²) in [7, 11) is -5.16. The number of alkyl carbamates (subject to hydrolysis) is 2. The lowest BCUT2D eigenvalue weighted by Crippen LogP contribution is -2.56. The molecule has 8 aromatic carbocycles. The molecule has 0 radical (unpaired) electrons. The van der Waals surface area contributed by atoms with Crippen LogP contribution in [0.15, 0.2) is 253 Å². The van der Waals surface area contributed by atoms with Gasteiger partial charge in [-0.25, -0.2) is 55.4 Å². The molecule has 0 spiro atoms. The molecule has 32 heteroatoms. The van der Waals surface area contributed by atoms with Crippen molar-refractivity contribution in [2.24, 2.45) is 11.8 Å². The second-order valence-corrected chi connectivity index (χ2v) is 36.2. The Morgan fingerprint density at radius 2 is 1.00 bits per heavy atom. The van der Waals surface area contributed by atoms with E-state index in [-0.39, 0.29) is 60.8 Å². The molecule has 7 amide bonds. The number of likely N-dealkylation sites (tertiary alicyclic amines) is 1. The van der Waals surface area contributed by atoms with Crippen LogP contribution in [0.3, 0.4) is 0 Å². The molecule has 10 aromatic rings. The summed E-state index contributed by atoms with van der Waals surface area (Å²) in [6, 6.07) is 62.0. The third kappa shape index (κ3) is 21.2. The van der Waals surface area contributed by atoms with Gasteiger partial charge < -0.3 is 64.8 Å². The maximum atomic E-state index is 14.1. The van der Waals surface area contributed by atoms with Crippen LogP contribution in [0.2, 0.25) is 0 Å². The standard InChI is InChI=1S/C38H40N4O8S.C33H32N4O6S.C23H26N2O6/c1-6-25-22-38(25,35(44)41-51(46,47)28-15-11-8-12-16-28)40-34(43)32-20-27(23-42(32)36(45)50-37(2,3)4)49-33-21-30(24-13-9-7-10-14-24)39-31-19-26(48-5)17-18-29(31)33;1-3-22-19-33(22,32(39)37-44(40,41)25-12-8-5-9-13-25)36-31(38)29-17-24(20-34-29)43-30-18-27(21-10-6-4-7-11-21)35-28-16-23(42-2)14-15-26(28)30;1-23(2,3)31-22(29)25-19(20(26)27)12-24-21(28)30-13-18-16-10-6-4-8-14(16)15-9-5-7-11-17(15)18/h6-19,21,25,27,32H,1,20,22-23H2,2-5H3,(H,40,43)(H,41,44);3-16,18,22,24,29,34H,1,17,19-20H2,2H3,(H,36,38)(H,37,39);4-11,18-19H,12-13H2,1-3H3,(H,24,28)(H,25,29)(H,26,27)/t25-,27?,32+,38-;22-,24?,29+,33-;19-/m110/s1. The van der Waals surface area contributed by atoms with Crippen LogP contribution < -0.4 is 55.0 Å². The molecule has 4 fully saturated rings. The molecule has 15 rings (SSSR count). The van der Waals surface area contributed by atoms with Crippen LogP contribution in [0.4, 0.5) is 14.4 Å². The number of rotatable bonds is 26. The summed E-state index contributed by atoms with van der Waals surface area (Å²) in [4.78, 5) is 114. The van der Waals surface area contributed by atoms with Gasteiger partial charge in [0.15, 0.2) is 0 Å². The fraction of sp³-hybridized carbons (Fsp3) is 0.298. The van der Waals surface area contributed by atoms with E-state index >= 15 is 0 Å². The van der Waals surface area contributed by atoms with Gasteiger partial charge in [0.2, 0.25) is 11.8 Å². The normalized spacial score (nSPS) is 19.9. The molecule has 3 aliphatic carbocycles. The Labute approximate surface area is 729 Å². The van der Waals surface area contributed by atoms with Crippen LogP contribution in [-0.4, -0.2) is 178 Å². The Morgan fingerprint density at radius 3 is 1.44 bits per heavy atom. The minimum Gasteiger partial charge on any atom is -0.497 e. The van der Waals surface area contributed by atoms with Crippen molar-refractivity contribution < 1.29 is 93.5 Å². The Kier molecular flexibility index (Phi) is 27.0. The van der Waals surface area contributed by atoms with Crippen LogP contribution >= 0.6 is 0 Å². The summed E-state index contributed by atoms with van der Waals surface area (Å²) in [6.07, 6.45) is 0.438. The molecule has 656 valence electrons. The first kappa shape index (κ1) is 90.0. The van der Waals surface area contributed by atoms with Gasteiger partial charge in [-0.3, -0.25) is 24.1 Å². The Hall–Kier alpha value is -13.7. The van der Waals surface area contributed by atoms with E-state index in [1.807, 2.05) is 146 Å². The van der Waals surface area contributed by atoms with Gasteiger partial charge in [-0.15, -0.1) is 13.2 Å². The number of benzene rings is 8. The predicted octanol–water partition coefficient (Wildman–Crippen LogP) is 12.3. The zero-order valence-corrected chi connectivity index (χ0v) is 72.1. The fourth-order valence-electron chi connectivity index (χ4n) is 15.2. The van der Waals surface area contributed by atoms with Gasteiger partial charge >= 0.3 is 24.2 Å². The van der Waals surface area contributed by atoms with E-state index in [1.54, 1.807) is 98.2 Å². The highest BCUT2D eigenvalue weighted by Crippen LogP contribution is 2.48. The number of nitrogens with one attached hydrogen (secondary N) is 7. The summed E-state index contributed by atoms with van der Waals surface area (Å²) < 4.78 is 95.9.